The van der Waals surface area contributed by atoms with E-state index >= 15 is 0 Å². The molecule has 0 unspecified atom stereocenters. The zero-order chi connectivity index (χ0) is 11.4. The van der Waals surface area contributed by atoms with Gasteiger partial charge in [-0.05, 0) is 19.3 Å². The third-order valence-electron chi connectivity index (χ3n) is 2.71. The first-order valence-corrected chi connectivity index (χ1v) is 5.34. The first-order valence-electron chi connectivity index (χ1n) is 5.34. The van der Waals surface area contributed by atoms with Crippen molar-refractivity contribution in [2.24, 2.45) is 5.92 Å². The van der Waals surface area contributed by atoms with Gasteiger partial charge in [0.25, 0.3) is 0 Å². The van der Waals surface area contributed by atoms with Crippen molar-refractivity contribution in [3.8, 4) is 0 Å². The molecule has 0 fully saturated rings. The van der Waals surface area contributed by atoms with E-state index in [9.17, 15) is 4.79 Å². The van der Waals surface area contributed by atoms with Gasteiger partial charge in [0.05, 0.1) is 0 Å². The van der Waals surface area contributed by atoms with Crippen LogP contribution in [-0.2, 0) is 6.42 Å². The van der Waals surface area contributed by atoms with Crippen molar-refractivity contribution in [2.45, 2.75) is 39.7 Å². The Morgan fingerprint density at radius 1 is 1.47 bits per heavy atom. The van der Waals surface area contributed by atoms with E-state index in [1.165, 1.54) is 0 Å². The van der Waals surface area contributed by atoms with Crippen LogP contribution in [0.2, 0.25) is 0 Å². The number of nitrogens with one attached hydrogen (secondary N) is 1. The highest BCUT2D eigenvalue weighted by molar-refractivity contribution is 4.90. The minimum absolute atomic E-state index is 0.122. The summed E-state index contributed by atoms with van der Waals surface area (Å²) in [5.74, 6) is 1.11. The molecule has 0 amide bonds. The van der Waals surface area contributed by atoms with Crippen LogP contribution < -0.4 is 5.69 Å². The molecule has 0 radical (unpaired) electrons. The van der Waals surface area contributed by atoms with E-state index in [1.54, 1.807) is 4.57 Å². The number of aliphatic hydroxyl groups is 1. The molecule has 0 aromatic carbocycles. The Kier molecular flexibility index (Phi) is 4.08. The highest BCUT2D eigenvalue weighted by atomic mass is 16.3. The summed E-state index contributed by atoms with van der Waals surface area (Å²) in [6, 6.07) is 0.130. The van der Waals surface area contributed by atoms with Crippen LogP contribution in [0, 0.1) is 5.92 Å². The average molecular weight is 213 g/mol. The van der Waals surface area contributed by atoms with E-state index in [0.29, 0.717) is 18.8 Å². The lowest BCUT2D eigenvalue weighted by molar-refractivity contribution is 0.285. The predicted octanol–water partition coefficient (Wildman–Crippen LogP) is 0.713. The summed E-state index contributed by atoms with van der Waals surface area (Å²) in [5, 5.41) is 15.2. The van der Waals surface area contributed by atoms with Crippen LogP contribution in [-0.4, -0.2) is 26.5 Å². The maximum absolute atomic E-state index is 11.5. The minimum atomic E-state index is -0.163. The minimum Gasteiger partial charge on any atom is -0.396 e. The number of aryl methyl sites for hydroxylation is 1. The number of H-pyrrole nitrogens is 1. The largest absolute Gasteiger partial charge is 0.396 e. The molecule has 5 nitrogen and oxygen atoms in total. The Morgan fingerprint density at radius 2 is 2.13 bits per heavy atom. The maximum Gasteiger partial charge on any atom is 0.343 e. The molecule has 0 aliphatic heterocycles. The zero-order valence-corrected chi connectivity index (χ0v) is 9.53. The van der Waals surface area contributed by atoms with Gasteiger partial charge in [0.1, 0.15) is 5.82 Å². The van der Waals surface area contributed by atoms with Gasteiger partial charge in [0.15, 0.2) is 0 Å². The molecule has 15 heavy (non-hydrogen) atoms. The van der Waals surface area contributed by atoms with E-state index in [-0.39, 0.29) is 18.3 Å². The van der Waals surface area contributed by atoms with Crippen LogP contribution in [0.25, 0.3) is 0 Å². The van der Waals surface area contributed by atoms with Gasteiger partial charge in [0, 0.05) is 19.1 Å². The molecular weight excluding hydrogens is 194 g/mol. The maximum atomic E-state index is 11.5. The second-order valence-corrected chi connectivity index (χ2v) is 4.13. The third kappa shape index (κ3) is 2.68. The highest BCUT2D eigenvalue weighted by Gasteiger charge is 2.16. The molecule has 2 N–H and O–H groups in total. The molecule has 0 saturated carbocycles. The Labute approximate surface area is 89.1 Å². The van der Waals surface area contributed by atoms with E-state index in [4.69, 9.17) is 5.11 Å². The number of hydrogen-bond donors (Lipinski definition) is 2. The smallest absolute Gasteiger partial charge is 0.343 e. The van der Waals surface area contributed by atoms with Gasteiger partial charge in [-0.3, -0.25) is 4.57 Å². The summed E-state index contributed by atoms with van der Waals surface area (Å²) in [6.07, 6.45) is 1.27. The number of rotatable bonds is 5. The highest BCUT2D eigenvalue weighted by Crippen LogP contribution is 2.16. The summed E-state index contributed by atoms with van der Waals surface area (Å²) < 4.78 is 1.68. The molecule has 0 bridgehead atoms. The number of aliphatic hydroxyl groups excluding tert-OH is 1. The van der Waals surface area contributed by atoms with Crippen LogP contribution in [0.1, 0.15) is 39.1 Å². The second-order valence-electron chi connectivity index (χ2n) is 4.13. The van der Waals surface area contributed by atoms with E-state index in [2.05, 4.69) is 24.0 Å². The molecule has 0 aliphatic carbocycles. The lowest BCUT2D eigenvalue weighted by atomic mass is 10.1. The van der Waals surface area contributed by atoms with Gasteiger partial charge in [0.2, 0.25) is 0 Å². The molecule has 0 aliphatic rings. The van der Waals surface area contributed by atoms with E-state index < -0.39 is 0 Å². The van der Waals surface area contributed by atoms with Crippen molar-refractivity contribution in [3.63, 3.8) is 0 Å². The number of aromatic amines is 1. The first-order chi connectivity index (χ1) is 7.07. The molecule has 86 valence electrons. The lowest BCUT2D eigenvalue weighted by Crippen LogP contribution is -2.25. The zero-order valence-electron chi connectivity index (χ0n) is 9.53. The molecule has 1 heterocycles. The van der Waals surface area contributed by atoms with Crippen molar-refractivity contribution >= 4 is 0 Å². The molecular formula is C10H19N3O2. The fourth-order valence-electron chi connectivity index (χ4n) is 1.47. The second kappa shape index (κ2) is 5.11. The van der Waals surface area contributed by atoms with Crippen molar-refractivity contribution in [1.29, 1.82) is 0 Å². The van der Waals surface area contributed by atoms with Gasteiger partial charge in [-0.1, -0.05) is 13.8 Å². The normalized spacial score (nSPS) is 13.4. The van der Waals surface area contributed by atoms with Gasteiger partial charge >= 0.3 is 5.69 Å². The van der Waals surface area contributed by atoms with Crippen molar-refractivity contribution in [1.82, 2.24) is 14.8 Å². The van der Waals surface area contributed by atoms with E-state index in [0.717, 1.165) is 5.82 Å². The van der Waals surface area contributed by atoms with Crippen LogP contribution in [0.15, 0.2) is 4.79 Å². The van der Waals surface area contributed by atoms with Crippen LogP contribution in [0.3, 0.4) is 0 Å². The van der Waals surface area contributed by atoms with Crippen LogP contribution >= 0.6 is 0 Å². The molecule has 5 heteroatoms. The average Bonchev–Trinajstić information content (AvgIpc) is 2.55. The van der Waals surface area contributed by atoms with Gasteiger partial charge in [-0.15, -0.1) is 0 Å². The van der Waals surface area contributed by atoms with Gasteiger partial charge in [-0.2, -0.15) is 5.10 Å². The monoisotopic (exact) mass is 213 g/mol. The van der Waals surface area contributed by atoms with Crippen molar-refractivity contribution in [2.75, 3.05) is 6.61 Å². The summed E-state index contributed by atoms with van der Waals surface area (Å²) in [6.45, 7) is 6.26. The fraction of sp³-hybridized carbons (Fsp3) is 0.800. The summed E-state index contributed by atoms with van der Waals surface area (Å²) in [4.78, 5) is 11.5. The lowest BCUT2D eigenvalue weighted by Gasteiger charge is -2.17. The van der Waals surface area contributed by atoms with Crippen LogP contribution in [0.5, 0.6) is 0 Å². The predicted molar refractivity (Wildman–Crippen MR) is 57.8 cm³/mol. The molecule has 1 aromatic heterocycles. The SMILES string of the molecule is CC(C)[C@@H](C)n1c(CCCO)n[nH]c1=O. The Balaban J connectivity index is 2.93. The molecule has 1 atom stereocenters. The summed E-state index contributed by atoms with van der Waals surface area (Å²) in [5.41, 5.74) is -0.163. The van der Waals surface area contributed by atoms with Gasteiger partial charge < -0.3 is 5.11 Å². The number of aromatic nitrogens is 3. The molecule has 0 spiro atoms. The topological polar surface area (TPSA) is 70.9 Å². The Bertz CT molecular complexity index is 354. The number of nitrogens with zero attached hydrogens (tertiary/aromatic N) is 2. The summed E-state index contributed by atoms with van der Waals surface area (Å²) >= 11 is 0. The Morgan fingerprint density at radius 3 is 2.67 bits per heavy atom. The first kappa shape index (κ1) is 12.0. The summed E-state index contributed by atoms with van der Waals surface area (Å²) in [7, 11) is 0. The van der Waals surface area contributed by atoms with Crippen LogP contribution in [0.4, 0.5) is 0 Å². The van der Waals surface area contributed by atoms with Crippen molar-refractivity contribution < 1.29 is 5.11 Å². The Hall–Kier alpha value is -1.10. The molecule has 1 aromatic rings. The van der Waals surface area contributed by atoms with E-state index in [1.807, 2.05) is 6.92 Å². The fourth-order valence-corrected chi connectivity index (χ4v) is 1.47. The quantitative estimate of drug-likeness (QED) is 0.756. The standard InChI is InChI=1S/C10H19N3O2/c1-7(2)8(3)13-9(5-4-6-14)11-12-10(13)15/h7-8,14H,4-6H2,1-3H3,(H,12,15)/t8-/m1/s1. The van der Waals surface area contributed by atoms with Gasteiger partial charge in [-0.25, -0.2) is 9.89 Å². The molecule has 1 rings (SSSR count). The third-order valence-corrected chi connectivity index (χ3v) is 2.71. The van der Waals surface area contributed by atoms with Crippen molar-refractivity contribution in [3.05, 3.63) is 16.3 Å². The number of hydrogen-bond acceptors (Lipinski definition) is 3. The molecule has 0 saturated heterocycles.